The lowest BCUT2D eigenvalue weighted by Crippen LogP contribution is -2.41. The summed E-state index contributed by atoms with van der Waals surface area (Å²) in [6, 6.07) is 10.4. The van der Waals surface area contributed by atoms with Gasteiger partial charge in [-0.25, -0.2) is 9.59 Å². The lowest BCUT2D eigenvalue weighted by molar-refractivity contribution is -0.222. The van der Waals surface area contributed by atoms with Gasteiger partial charge in [-0.15, -0.1) is 0 Å². The second kappa shape index (κ2) is 8.15. The van der Waals surface area contributed by atoms with E-state index in [1.807, 2.05) is 0 Å². The minimum atomic E-state index is -1.30. The van der Waals surface area contributed by atoms with Crippen molar-refractivity contribution in [2.24, 2.45) is 0 Å². The number of esters is 2. The third-order valence-corrected chi connectivity index (χ3v) is 5.00. The quantitative estimate of drug-likeness (QED) is 0.322. The molecule has 8 heteroatoms. The first-order chi connectivity index (χ1) is 13.1. The number of ether oxygens (including phenoxy) is 3. The van der Waals surface area contributed by atoms with Crippen LogP contribution in [-0.4, -0.2) is 17.7 Å². The maximum atomic E-state index is 12.2. The summed E-state index contributed by atoms with van der Waals surface area (Å²) in [5.41, 5.74) is 1.11. The molecule has 1 aliphatic heterocycles. The smallest absolute Gasteiger partial charge is 0.348 e. The van der Waals surface area contributed by atoms with Crippen molar-refractivity contribution < 1.29 is 23.8 Å². The van der Waals surface area contributed by atoms with Crippen molar-refractivity contribution in [3.05, 3.63) is 67.6 Å². The molecule has 0 N–H and O–H groups in total. The third kappa shape index (κ3) is 4.87. The minimum absolute atomic E-state index is 0.211. The Kier molecular flexibility index (Phi) is 6.03. The zero-order chi connectivity index (χ0) is 20.5. The molecule has 3 rings (SSSR count). The second-order valence-electron chi connectivity index (χ2n) is 6.46. The van der Waals surface area contributed by atoms with Crippen LogP contribution in [0.1, 0.15) is 25.0 Å². The van der Waals surface area contributed by atoms with Crippen molar-refractivity contribution in [3.63, 3.8) is 0 Å². The van der Waals surface area contributed by atoms with Gasteiger partial charge in [0.25, 0.3) is 5.79 Å². The topological polar surface area (TPSA) is 61.8 Å². The van der Waals surface area contributed by atoms with Crippen LogP contribution in [0.3, 0.4) is 0 Å². The van der Waals surface area contributed by atoms with Crippen molar-refractivity contribution in [2.75, 3.05) is 0 Å². The van der Waals surface area contributed by atoms with Gasteiger partial charge in [-0.3, -0.25) is 0 Å². The molecule has 0 radical (unpaired) electrons. The molecule has 146 valence electrons. The van der Waals surface area contributed by atoms with Gasteiger partial charge in [0.2, 0.25) is 0 Å². The lowest BCUT2D eigenvalue weighted by Gasteiger charge is -2.29. The first-order valence-corrected chi connectivity index (χ1v) is 9.74. The van der Waals surface area contributed by atoms with E-state index in [0.717, 1.165) is 10.0 Å². The summed E-state index contributed by atoms with van der Waals surface area (Å²) in [4.78, 5) is 24.4. The molecule has 0 saturated carbocycles. The molecule has 1 heterocycles. The number of carbonyl (C=O) groups is 2. The standard InChI is InChI=1S/C20H15BrCl2O5/c1-20(2)27-18(24)14(19(25)28-20)9-12-8-13(21)4-6-17(12)26-10-11-3-5-15(22)16(23)7-11/h3-9H,10H2,1-2H3. The molecule has 28 heavy (non-hydrogen) atoms. The number of cyclic esters (lactones) is 2. The van der Waals surface area contributed by atoms with Crippen LogP contribution in [0.2, 0.25) is 10.0 Å². The Morgan fingerprint density at radius 1 is 1.04 bits per heavy atom. The SMILES string of the molecule is CC1(C)OC(=O)C(=Cc2cc(Br)ccc2OCc2ccc(Cl)c(Cl)c2)C(=O)O1. The normalized spacial score (nSPS) is 15.7. The van der Waals surface area contributed by atoms with Crippen molar-refractivity contribution >= 4 is 57.1 Å². The number of benzene rings is 2. The number of hydrogen-bond donors (Lipinski definition) is 0. The van der Waals surface area contributed by atoms with Crippen LogP contribution >= 0.6 is 39.1 Å². The number of carbonyl (C=O) groups excluding carboxylic acids is 2. The zero-order valence-electron chi connectivity index (χ0n) is 14.9. The summed E-state index contributed by atoms with van der Waals surface area (Å²) in [5, 5.41) is 0.882. The molecule has 0 bridgehead atoms. The predicted octanol–water partition coefficient (Wildman–Crippen LogP) is 5.55. The Morgan fingerprint density at radius 2 is 1.71 bits per heavy atom. The van der Waals surface area contributed by atoms with E-state index in [-0.39, 0.29) is 12.2 Å². The summed E-state index contributed by atoms with van der Waals surface area (Å²) >= 11 is 15.3. The van der Waals surface area contributed by atoms with Gasteiger partial charge in [-0.05, 0) is 42.0 Å². The zero-order valence-corrected chi connectivity index (χ0v) is 18.0. The molecule has 1 saturated heterocycles. The fraction of sp³-hybridized carbons (Fsp3) is 0.200. The highest BCUT2D eigenvalue weighted by atomic mass is 79.9. The third-order valence-electron chi connectivity index (χ3n) is 3.77. The molecular weight excluding hydrogens is 471 g/mol. The number of halogens is 3. The minimum Gasteiger partial charge on any atom is -0.488 e. The largest absolute Gasteiger partial charge is 0.488 e. The fourth-order valence-electron chi connectivity index (χ4n) is 2.49. The summed E-state index contributed by atoms with van der Waals surface area (Å²) in [6.45, 7) is 3.20. The molecule has 2 aromatic carbocycles. The summed E-state index contributed by atoms with van der Waals surface area (Å²) in [7, 11) is 0. The highest BCUT2D eigenvalue weighted by Gasteiger charge is 2.39. The van der Waals surface area contributed by atoms with Gasteiger partial charge in [0, 0.05) is 23.9 Å². The Labute approximate surface area is 180 Å². The van der Waals surface area contributed by atoms with Gasteiger partial charge in [0.1, 0.15) is 17.9 Å². The van der Waals surface area contributed by atoms with E-state index in [1.165, 1.54) is 19.9 Å². The fourth-order valence-corrected chi connectivity index (χ4v) is 3.19. The molecule has 0 unspecified atom stereocenters. The van der Waals surface area contributed by atoms with Crippen molar-refractivity contribution in [1.82, 2.24) is 0 Å². The summed E-state index contributed by atoms with van der Waals surface area (Å²) in [6.07, 6.45) is 1.38. The summed E-state index contributed by atoms with van der Waals surface area (Å²) in [5.74, 6) is -2.34. The van der Waals surface area contributed by atoms with Gasteiger partial charge < -0.3 is 14.2 Å². The first-order valence-electron chi connectivity index (χ1n) is 8.19. The average molecular weight is 486 g/mol. The lowest BCUT2D eigenvalue weighted by atomic mass is 10.1. The second-order valence-corrected chi connectivity index (χ2v) is 8.19. The molecule has 1 fully saturated rings. The average Bonchev–Trinajstić information content (AvgIpc) is 2.59. The molecule has 0 aromatic heterocycles. The van der Waals surface area contributed by atoms with E-state index in [0.29, 0.717) is 21.4 Å². The van der Waals surface area contributed by atoms with Crippen LogP contribution in [-0.2, 0) is 25.7 Å². The van der Waals surface area contributed by atoms with Crippen molar-refractivity contribution in [1.29, 1.82) is 0 Å². The highest BCUT2D eigenvalue weighted by molar-refractivity contribution is 9.10. The molecular formula is C20H15BrCl2O5. The monoisotopic (exact) mass is 484 g/mol. The van der Waals surface area contributed by atoms with Gasteiger partial charge >= 0.3 is 11.9 Å². The van der Waals surface area contributed by atoms with Crippen LogP contribution in [0.5, 0.6) is 5.75 Å². The Balaban J connectivity index is 1.87. The molecule has 5 nitrogen and oxygen atoms in total. The van der Waals surface area contributed by atoms with E-state index in [4.69, 9.17) is 37.4 Å². The molecule has 2 aromatic rings. The maximum absolute atomic E-state index is 12.2. The van der Waals surface area contributed by atoms with Crippen LogP contribution in [0.4, 0.5) is 0 Å². The summed E-state index contributed by atoms with van der Waals surface area (Å²) < 4.78 is 16.8. The molecule has 1 aliphatic rings. The maximum Gasteiger partial charge on any atom is 0.348 e. The van der Waals surface area contributed by atoms with E-state index in [1.54, 1.807) is 36.4 Å². The highest BCUT2D eigenvalue weighted by Crippen LogP contribution is 2.30. The Bertz CT molecular complexity index is 963. The van der Waals surface area contributed by atoms with E-state index < -0.39 is 17.7 Å². The Morgan fingerprint density at radius 3 is 2.36 bits per heavy atom. The van der Waals surface area contributed by atoms with Crippen molar-refractivity contribution in [2.45, 2.75) is 26.2 Å². The van der Waals surface area contributed by atoms with E-state index in [2.05, 4.69) is 15.9 Å². The number of rotatable bonds is 4. The Hall–Kier alpha value is -2.02. The predicted molar refractivity (Wildman–Crippen MR) is 109 cm³/mol. The van der Waals surface area contributed by atoms with Crippen LogP contribution in [0.25, 0.3) is 6.08 Å². The molecule has 0 atom stereocenters. The van der Waals surface area contributed by atoms with E-state index in [9.17, 15) is 9.59 Å². The molecule has 0 spiro atoms. The first kappa shape index (κ1) is 20.7. The van der Waals surface area contributed by atoms with Gasteiger partial charge in [0.15, 0.2) is 0 Å². The van der Waals surface area contributed by atoms with Crippen LogP contribution in [0.15, 0.2) is 46.4 Å². The van der Waals surface area contributed by atoms with Crippen molar-refractivity contribution in [3.8, 4) is 5.75 Å². The van der Waals surface area contributed by atoms with E-state index >= 15 is 0 Å². The van der Waals surface area contributed by atoms with Crippen LogP contribution < -0.4 is 4.74 Å². The van der Waals surface area contributed by atoms with Gasteiger partial charge in [-0.1, -0.05) is 45.2 Å². The number of hydrogen-bond acceptors (Lipinski definition) is 5. The van der Waals surface area contributed by atoms with Crippen LogP contribution in [0, 0.1) is 0 Å². The molecule has 0 aliphatic carbocycles. The van der Waals surface area contributed by atoms with Gasteiger partial charge in [0.05, 0.1) is 10.0 Å². The van der Waals surface area contributed by atoms with Gasteiger partial charge in [-0.2, -0.15) is 0 Å². The molecule has 0 amide bonds.